The Balaban J connectivity index is 0. The summed E-state index contributed by atoms with van der Waals surface area (Å²) in [6.45, 7) is 19.2. The van der Waals surface area contributed by atoms with Crippen LogP contribution in [0.5, 0.6) is 0 Å². The second-order valence-electron chi connectivity index (χ2n) is 6.13. The molecule has 1 atom stereocenters. The van der Waals surface area contributed by atoms with E-state index in [4.69, 9.17) is 0 Å². The van der Waals surface area contributed by atoms with Crippen LogP contribution in [0.2, 0.25) is 0 Å². The zero-order chi connectivity index (χ0) is 14.1. The first kappa shape index (κ1) is 19.3. The summed E-state index contributed by atoms with van der Waals surface area (Å²) >= 11 is 0. The van der Waals surface area contributed by atoms with Gasteiger partial charge in [-0.25, -0.2) is 0 Å². The number of hydrogen-bond donors (Lipinski definition) is 0. The van der Waals surface area contributed by atoms with Crippen molar-refractivity contribution in [2.75, 3.05) is 13.6 Å². The molecule has 0 saturated carbocycles. The van der Waals surface area contributed by atoms with Crippen molar-refractivity contribution in [3.8, 4) is 0 Å². The Morgan fingerprint density at radius 3 is 1.88 bits per heavy atom. The molecule has 1 nitrogen and oxygen atoms in total. The van der Waals surface area contributed by atoms with Gasteiger partial charge in [0.2, 0.25) is 0 Å². The first-order valence-corrected chi connectivity index (χ1v) is 7.50. The summed E-state index contributed by atoms with van der Waals surface area (Å²) in [7, 11) is 2.27. The zero-order valence-electron chi connectivity index (χ0n) is 13.9. The summed E-state index contributed by atoms with van der Waals surface area (Å²) in [5.41, 5.74) is 0.349. The predicted molar refractivity (Wildman–Crippen MR) is 81.6 cm³/mol. The molecule has 0 radical (unpaired) electrons. The maximum Gasteiger partial charge on any atom is 0.0152 e. The molecule has 17 heavy (non-hydrogen) atoms. The van der Waals surface area contributed by atoms with Crippen molar-refractivity contribution in [2.24, 2.45) is 11.8 Å². The molecule has 0 spiro atoms. The van der Waals surface area contributed by atoms with Gasteiger partial charge in [0.05, 0.1) is 0 Å². The maximum absolute atomic E-state index is 2.53. The fraction of sp³-hybridized carbons (Fsp3) is 1.00. The second kappa shape index (κ2) is 9.94. The summed E-state index contributed by atoms with van der Waals surface area (Å²) in [6.07, 6.45) is 3.91. The molecule has 0 saturated heterocycles. The number of rotatable bonds is 7. The zero-order valence-corrected chi connectivity index (χ0v) is 13.9. The lowest BCUT2D eigenvalue weighted by atomic mass is 9.90. The predicted octanol–water partition coefficient (Wildman–Crippen LogP) is 5.21. The highest BCUT2D eigenvalue weighted by Gasteiger charge is 2.24. The molecular formula is C16H37N. The molecule has 0 aliphatic carbocycles. The minimum Gasteiger partial charge on any atom is -0.301 e. The van der Waals surface area contributed by atoms with Crippen molar-refractivity contribution in [1.82, 2.24) is 4.90 Å². The molecule has 1 heteroatoms. The Hall–Kier alpha value is -0.0400. The minimum absolute atomic E-state index is 0.349. The van der Waals surface area contributed by atoms with Crippen LogP contribution >= 0.6 is 0 Å². The largest absolute Gasteiger partial charge is 0.301 e. The quantitative estimate of drug-likeness (QED) is 0.593. The third-order valence-corrected chi connectivity index (χ3v) is 3.60. The molecule has 0 aliphatic rings. The van der Waals surface area contributed by atoms with E-state index in [-0.39, 0.29) is 0 Å². The molecule has 0 aliphatic heterocycles. The van der Waals surface area contributed by atoms with Crippen LogP contribution in [-0.4, -0.2) is 24.0 Å². The molecule has 0 rings (SSSR count). The van der Waals surface area contributed by atoms with Gasteiger partial charge in [0.25, 0.3) is 0 Å². The van der Waals surface area contributed by atoms with Crippen molar-refractivity contribution in [3.05, 3.63) is 0 Å². The lowest BCUT2D eigenvalue weighted by molar-refractivity contribution is 0.122. The van der Waals surface area contributed by atoms with Crippen LogP contribution in [0.3, 0.4) is 0 Å². The standard InChI is InChI=1S/C14H31N.C2H6/c1-8-13(4)9-10-15(7)14(5,6)11-12(2)3;1-2/h12-13H,8-11H2,1-7H3;1-2H3. The Morgan fingerprint density at radius 1 is 1.06 bits per heavy atom. The van der Waals surface area contributed by atoms with Crippen LogP contribution in [0.25, 0.3) is 0 Å². The molecule has 0 heterocycles. The van der Waals surface area contributed by atoms with Crippen molar-refractivity contribution in [1.29, 1.82) is 0 Å². The molecule has 0 fully saturated rings. The summed E-state index contributed by atoms with van der Waals surface area (Å²) in [6, 6.07) is 0. The Kier molecular flexibility index (Phi) is 11.3. The monoisotopic (exact) mass is 243 g/mol. The Labute approximate surface area is 111 Å². The summed E-state index contributed by atoms with van der Waals surface area (Å²) in [5, 5.41) is 0. The fourth-order valence-electron chi connectivity index (χ4n) is 2.08. The van der Waals surface area contributed by atoms with Crippen LogP contribution in [0.15, 0.2) is 0 Å². The van der Waals surface area contributed by atoms with Gasteiger partial charge in [-0.15, -0.1) is 0 Å². The first-order chi connectivity index (χ1) is 7.79. The lowest BCUT2D eigenvalue weighted by Gasteiger charge is -2.37. The smallest absolute Gasteiger partial charge is 0.0152 e. The maximum atomic E-state index is 2.53. The minimum atomic E-state index is 0.349. The molecule has 0 aromatic heterocycles. The highest BCUT2D eigenvalue weighted by Crippen LogP contribution is 2.23. The molecule has 0 amide bonds. The third-order valence-electron chi connectivity index (χ3n) is 3.60. The van der Waals surface area contributed by atoms with Crippen LogP contribution in [0.4, 0.5) is 0 Å². The summed E-state index contributed by atoms with van der Waals surface area (Å²) in [5.74, 6) is 1.65. The van der Waals surface area contributed by atoms with E-state index in [0.29, 0.717) is 5.54 Å². The third kappa shape index (κ3) is 9.64. The van der Waals surface area contributed by atoms with Crippen molar-refractivity contribution in [2.45, 2.75) is 80.2 Å². The van der Waals surface area contributed by atoms with Crippen molar-refractivity contribution in [3.63, 3.8) is 0 Å². The van der Waals surface area contributed by atoms with E-state index in [2.05, 4.69) is 53.5 Å². The Morgan fingerprint density at radius 2 is 1.53 bits per heavy atom. The molecule has 0 bridgehead atoms. The molecule has 106 valence electrons. The average molecular weight is 243 g/mol. The average Bonchev–Trinajstić information content (AvgIpc) is 2.26. The van der Waals surface area contributed by atoms with Gasteiger partial charge in [-0.1, -0.05) is 48.0 Å². The summed E-state index contributed by atoms with van der Waals surface area (Å²) in [4.78, 5) is 2.53. The lowest BCUT2D eigenvalue weighted by Crippen LogP contribution is -2.42. The number of hydrogen-bond acceptors (Lipinski definition) is 1. The van der Waals surface area contributed by atoms with E-state index < -0.39 is 0 Å². The second-order valence-corrected chi connectivity index (χ2v) is 6.13. The van der Waals surface area contributed by atoms with E-state index in [0.717, 1.165) is 11.8 Å². The van der Waals surface area contributed by atoms with Crippen molar-refractivity contribution >= 4 is 0 Å². The molecule has 0 aromatic carbocycles. The van der Waals surface area contributed by atoms with Gasteiger partial charge < -0.3 is 4.90 Å². The number of nitrogens with zero attached hydrogens (tertiary/aromatic N) is 1. The molecule has 1 unspecified atom stereocenters. The van der Waals surface area contributed by atoms with Gasteiger partial charge in [0.1, 0.15) is 0 Å². The van der Waals surface area contributed by atoms with Crippen LogP contribution in [0.1, 0.15) is 74.7 Å². The van der Waals surface area contributed by atoms with Crippen LogP contribution in [0, 0.1) is 11.8 Å². The highest BCUT2D eigenvalue weighted by atomic mass is 15.2. The van der Waals surface area contributed by atoms with E-state index >= 15 is 0 Å². The van der Waals surface area contributed by atoms with E-state index in [9.17, 15) is 0 Å². The van der Waals surface area contributed by atoms with Gasteiger partial charge in [-0.3, -0.25) is 0 Å². The SMILES string of the molecule is CC.CCC(C)CCN(C)C(C)(C)CC(C)C. The summed E-state index contributed by atoms with van der Waals surface area (Å²) < 4.78 is 0. The molecule has 0 N–H and O–H groups in total. The highest BCUT2D eigenvalue weighted by molar-refractivity contribution is 4.80. The molecule has 0 aromatic rings. The fourth-order valence-corrected chi connectivity index (χ4v) is 2.08. The molecular weight excluding hydrogens is 206 g/mol. The topological polar surface area (TPSA) is 3.24 Å². The van der Waals surface area contributed by atoms with Crippen molar-refractivity contribution < 1.29 is 0 Å². The van der Waals surface area contributed by atoms with E-state index in [1.165, 1.54) is 25.8 Å². The van der Waals surface area contributed by atoms with Gasteiger partial charge >= 0.3 is 0 Å². The van der Waals surface area contributed by atoms with Crippen LogP contribution in [-0.2, 0) is 0 Å². The van der Waals surface area contributed by atoms with Crippen LogP contribution < -0.4 is 0 Å². The first-order valence-electron chi connectivity index (χ1n) is 7.50. The Bertz CT molecular complexity index is 161. The van der Waals surface area contributed by atoms with Gasteiger partial charge in [0.15, 0.2) is 0 Å². The van der Waals surface area contributed by atoms with Gasteiger partial charge in [-0.2, -0.15) is 0 Å². The van der Waals surface area contributed by atoms with E-state index in [1.807, 2.05) is 13.8 Å². The normalized spacial score (nSPS) is 13.6. The van der Waals surface area contributed by atoms with Gasteiger partial charge in [0, 0.05) is 5.54 Å². The van der Waals surface area contributed by atoms with E-state index in [1.54, 1.807) is 0 Å². The van der Waals surface area contributed by atoms with Gasteiger partial charge in [-0.05, 0) is 52.1 Å².